The van der Waals surface area contributed by atoms with Gasteiger partial charge in [0.25, 0.3) is 0 Å². The van der Waals surface area contributed by atoms with E-state index in [1.807, 2.05) is 25.1 Å². The summed E-state index contributed by atoms with van der Waals surface area (Å²) in [6.07, 6.45) is 3.87. The topological polar surface area (TPSA) is 37.3 Å². The van der Waals surface area contributed by atoms with Crippen molar-refractivity contribution in [1.29, 1.82) is 0 Å². The van der Waals surface area contributed by atoms with Crippen LogP contribution in [0.1, 0.15) is 28.4 Å². The molecule has 1 aromatic rings. The van der Waals surface area contributed by atoms with Crippen LogP contribution in [0.3, 0.4) is 0 Å². The quantitative estimate of drug-likeness (QED) is 0.752. The minimum absolute atomic E-state index is 0.369. The highest BCUT2D eigenvalue weighted by atomic mass is 16.4. The molecule has 0 fully saturated rings. The summed E-state index contributed by atoms with van der Waals surface area (Å²) in [5, 5.41) is 8.77. The molecule has 0 bridgehead atoms. The SMILES string of the molecule is C/C=C/c1ccc(C(=O)O)c(C)c1. The van der Waals surface area contributed by atoms with Gasteiger partial charge in [-0.1, -0.05) is 24.3 Å². The molecular weight excluding hydrogens is 164 g/mol. The van der Waals surface area contributed by atoms with Gasteiger partial charge < -0.3 is 5.11 Å². The lowest BCUT2D eigenvalue weighted by atomic mass is 10.1. The molecule has 2 nitrogen and oxygen atoms in total. The van der Waals surface area contributed by atoms with Gasteiger partial charge in [0.05, 0.1) is 5.56 Å². The van der Waals surface area contributed by atoms with Gasteiger partial charge in [0.15, 0.2) is 0 Å². The van der Waals surface area contributed by atoms with Gasteiger partial charge in [0.1, 0.15) is 0 Å². The first-order chi connectivity index (χ1) is 6.15. The molecule has 2 heteroatoms. The Labute approximate surface area is 77.5 Å². The number of carboxylic acid groups (broad SMARTS) is 1. The Morgan fingerprint density at radius 1 is 1.46 bits per heavy atom. The summed E-state index contributed by atoms with van der Waals surface area (Å²) < 4.78 is 0. The second-order valence-corrected chi connectivity index (χ2v) is 2.88. The lowest BCUT2D eigenvalue weighted by Crippen LogP contribution is -1.99. The molecule has 0 aromatic heterocycles. The molecule has 0 saturated carbocycles. The Bertz CT molecular complexity index is 351. The number of rotatable bonds is 2. The first-order valence-corrected chi connectivity index (χ1v) is 4.12. The minimum Gasteiger partial charge on any atom is -0.478 e. The molecular formula is C11H12O2. The highest BCUT2D eigenvalue weighted by Gasteiger charge is 2.05. The predicted molar refractivity (Wildman–Crippen MR) is 52.8 cm³/mol. The van der Waals surface area contributed by atoms with Crippen molar-refractivity contribution in [2.75, 3.05) is 0 Å². The molecule has 0 unspecified atom stereocenters. The van der Waals surface area contributed by atoms with E-state index in [0.29, 0.717) is 5.56 Å². The second-order valence-electron chi connectivity index (χ2n) is 2.88. The number of allylic oxidation sites excluding steroid dienone is 1. The molecule has 0 radical (unpaired) electrons. The van der Waals surface area contributed by atoms with Crippen LogP contribution in [-0.2, 0) is 0 Å². The van der Waals surface area contributed by atoms with Crippen molar-refractivity contribution in [2.45, 2.75) is 13.8 Å². The second kappa shape index (κ2) is 3.90. The van der Waals surface area contributed by atoms with Crippen molar-refractivity contribution < 1.29 is 9.90 Å². The molecule has 13 heavy (non-hydrogen) atoms. The van der Waals surface area contributed by atoms with Crippen LogP contribution in [0.2, 0.25) is 0 Å². The Morgan fingerprint density at radius 3 is 2.62 bits per heavy atom. The molecule has 0 amide bonds. The van der Waals surface area contributed by atoms with Crippen LogP contribution >= 0.6 is 0 Å². The van der Waals surface area contributed by atoms with Crippen molar-refractivity contribution in [1.82, 2.24) is 0 Å². The van der Waals surface area contributed by atoms with Crippen LogP contribution in [0.5, 0.6) is 0 Å². The Kier molecular flexibility index (Phi) is 2.85. The van der Waals surface area contributed by atoms with Crippen LogP contribution in [0.4, 0.5) is 0 Å². The van der Waals surface area contributed by atoms with Crippen molar-refractivity contribution in [2.24, 2.45) is 0 Å². The summed E-state index contributed by atoms with van der Waals surface area (Å²) in [6, 6.07) is 5.30. The Balaban J connectivity index is 3.12. The maximum atomic E-state index is 10.7. The fraction of sp³-hybridized carbons (Fsp3) is 0.182. The molecule has 0 saturated heterocycles. The smallest absolute Gasteiger partial charge is 0.335 e. The molecule has 0 atom stereocenters. The predicted octanol–water partition coefficient (Wildman–Crippen LogP) is 2.73. The van der Waals surface area contributed by atoms with E-state index in [1.54, 1.807) is 19.1 Å². The van der Waals surface area contributed by atoms with Crippen LogP contribution < -0.4 is 0 Å². The van der Waals surface area contributed by atoms with Crippen LogP contribution in [-0.4, -0.2) is 11.1 Å². The van der Waals surface area contributed by atoms with E-state index < -0.39 is 5.97 Å². The summed E-state index contributed by atoms with van der Waals surface area (Å²) in [4.78, 5) is 10.7. The fourth-order valence-corrected chi connectivity index (χ4v) is 1.22. The van der Waals surface area contributed by atoms with E-state index in [4.69, 9.17) is 5.11 Å². The summed E-state index contributed by atoms with van der Waals surface area (Å²) in [7, 11) is 0. The van der Waals surface area contributed by atoms with E-state index in [-0.39, 0.29) is 0 Å². The van der Waals surface area contributed by atoms with Gasteiger partial charge in [0, 0.05) is 0 Å². The van der Waals surface area contributed by atoms with Gasteiger partial charge in [-0.25, -0.2) is 4.79 Å². The normalized spacial score (nSPS) is 10.6. The third-order valence-corrected chi connectivity index (χ3v) is 1.84. The maximum absolute atomic E-state index is 10.7. The Hall–Kier alpha value is -1.57. The molecule has 0 aliphatic carbocycles. The number of aromatic carboxylic acids is 1. The van der Waals surface area contributed by atoms with E-state index in [0.717, 1.165) is 11.1 Å². The van der Waals surface area contributed by atoms with E-state index in [9.17, 15) is 4.79 Å². The van der Waals surface area contributed by atoms with Crippen LogP contribution in [0, 0.1) is 6.92 Å². The average Bonchev–Trinajstić information content (AvgIpc) is 2.04. The Morgan fingerprint density at radius 2 is 2.15 bits per heavy atom. The first kappa shape index (κ1) is 9.52. The zero-order valence-electron chi connectivity index (χ0n) is 7.74. The number of hydrogen-bond donors (Lipinski definition) is 1. The number of aryl methyl sites for hydroxylation is 1. The molecule has 68 valence electrons. The zero-order valence-corrected chi connectivity index (χ0v) is 7.74. The summed E-state index contributed by atoms with van der Waals surface area (Å²) in [6.45, 7) is 3.73. The van der Waals surface area contributed by atoms with Crippen molar-refractivity contribution in [3.05, 3.63) is 41.0 Å². The van der Waals surface area contributed by atoms with Crippen LogP contribution in [0.25, 0.3) is 6.08 Å². The van der Waals surface area contributed by atoms with Gasteiger partial charge in [-0.15, -0.1) is 0 Å². The van der Waals surface area contributed by atoms with Gasteiger partial charge in [0.2, 0.25) is 0 Å². The number of benzene rings is 1. The molecule has 1 aromatic carbocycles. The molecule has 0 aliphatic heterocycles. The minimum atomic E-state index is -0.871. The highest BCUT2D eigenvalue weighted by Crippen LogP contribution is 2.12. The average molecular weight is 176 g/mol. The molecule has 0 heterocycles. The van der Waals surface area contributed by atoms with Gasteiger partial charge in [-0.3, -0.25) is 0 Å². The van der Waals surface area contributed by atoms with Crippen LogP contribution in [0.15, 0.2) is 24.3 Å². The number of carbonyl (C=O) groups is 1. The van der Waals surface area contributed by atoms with Gasteiger partial charge in [-0.2, -0.15) is 0 Å². The lowest BCUT2D eigenvalue weighted by Gasteiger charge is -2.01. The number of hydrogen-bond acceptors (Lipinski definition) is 1. The van der Waals surface area contributed by atoms with Gasteiger partial charge in [-0.05, 0) is 31.0 Å². The number of carboxylic acids is 1. The zero-order chi connectivity index (χ0) is 9.84. The fourth-order valence-electron chi connectivity index (χ4n) is 1.22. The standard InChI is InChI=1S/C11H12O2/c1-3-4-9-5-6-10(11(12)13)8(2)7-9/h3-7H,1-2H3,(H,12,13)/b4-3+. The molecule has 0 spiro atoms. The van der Waals surface area contributed by atoms with Crippen molar-refractivity contribution >= 4 is 12.0 Å². The lowest BCUT2D eigenvalue weighted by molar-refractivity contribution is 0.0696. The molecule has 1 rings (SSSR count). The van der Waals surface area contributed by atoms with E-state index >= 15 is 0 Å². The van der Waals surface area contributed by atoms with E-state index in [2.05, 4.69) is 0 Å². The largest absolute Gasteiger partial charge is 0.478 e. The van der Waals surface area contributed by atoms with E-state index in [1.165, 1.54) is 0 Å². The first-order valence-electron chi connectivity index (χ1n) is 4.12. The van der Waals surface area contributed by atoms with Crippen molar-refractivity contribution in [3.63, 3.8) is 0 Å². The molecule has 1 N–H and O–H groups in total. The van der Waals surface area contributed by atoms with Gasteiger partial charge >= 0.3 is 5.97 Å². The highest BCUT2D eigenvalue weighted by molar-refractivity contribution is 5.89. The monoisotopic (exact) mass is 176 g/mol. The molecule has 0 aliphatic rings. The third kappa shape index (κ3) is 2.18. The summed E-state index contributed by atoms with van der Waals surface area (Å²) in [5.41, 5.74) is 2.20. The van der Waals surface area contributed by atoms with Crippen molar-refractivity contribution in [3.8, 4) is 0 Å². The maximum Gasteiger partial charge on any atom is 0.335 e. The summed E-state index contributed by atoms with van der Waals surface area (Å²) >= 11 is 0. The third-order valence-electron chi connectivity index (χ3n) is 1.84. The summed E-state index contributed by atoms with van der Waals surface area (Å²) in [5.74, 6) is -0.871.